The van der Waals surface area contributed by atoms with E-state index in [0.717, 1.165) is 18.8 Å². The third kappa shape index (κ3) is 2.61. The lowest BCUT2D eigenvalue weighted by molar-refractivity contribution is 0.693. The van der Waals surface area contributed by atoms with Crippen LogP contribution in [0.25, 0.3) is 0 Å². The normalized spacial score (nSPS) is 14.8. The highest BCUT2D eigenvalue weighted by molar-refractivity contribution is 7.82. The minimum atomic E-state index is 0.609. The predicted molar refractivity (Wildman–Crippen MR) is 75.0 cm³/mol. The average Bonchev–Trinajstić information content (AvgIpc) is 2.68. The number of thiocarbonyl (C=S) groups is 2. The van der Waals surface area contributed by atoms with Crippen LogP contribution in [0.3, 0.4) is 0 Å². The Morgan fingerprint density at radius 3 is 2.62 bits per heavy atom. The van der Waals surface area contributed by atoms with Gasteiger partial charge in [-0.15, -0.1) is 0 Å². The third-order valence-electron chi connectivity index (χ3n) is 2.20. The van der Waals surface area contributed by atoms with E-state index in [1.54, 1.807) is 0 Å². The van der Waals surface area contributed by atoms with E-state index in [0.29, 0.717) is 15.2 Å². The number of hydrogen-bond donors (Lipinski definition) is 2. The number of rotatable bonds is 1. The van der Waals surface area contributed by atoms with Gasteiger partial charge in [0.25, 0.3) is 0 Å². The van der Waals surface area contributed by atoms with Crippen LogP contribution in [0, 0.1) is 0 Å². The van der Waals surface area contributed by atoms with Gasteiger partial charge in [-0.1, -0.05) is 11.6 Å². The largest absolute Gasteiger partial charge is 0.360 e. The molecule has 1 fully saturated rings. The van der Waals surface area contributed by atoms with Crippen molar-refractivity contribution in [2.75, 3.05) is 18.4 Å². The van der Waals surface area contributed by atoms with Gasteiger partial charge < -0.3 is 10.6 Å². The van der Waals surface area contributed by atoms with Crippen molar-refractivity contribution in [2.45, 2.75) is 0 Å². The molecule has 1 aromatic carbocycles. The van der Waals surface area contributed by atoms with E-state index in [4.69, 9.17) is 36.0 Å². The van der Waals surface area contributed by atoms with Gasteiger partial charge in [-0.05, 0) is 48.7 Å². The molecule has 1 heterocycles. The molecule has 1 aliphatic rings. The standard InChI is InChI=1S/C10H10ClN3S2/c11-7-1-3-8(4-2-7)13-10(16)14-6-5-12-9(14)15/h1-4H,5-6H2,(H,12,15)(H,13,16). The van der Waals surface area contributed by atoms with Crippen LogP contribution in [0.1, 0.15) is 0 Å². The zero-order valence-electron chi connectivity index (χ0n) is 8.37. The van der Waals surface area contributed by atoms with Crippen molar-refractivity contribution in [2.24, 2.45) is 0 Å². The summed E-state index contributed by atoms with van der Waals surface area (Å²) < 4.78 is 0. The fourth-order valence-corrected chi connectivity index (χ4v) is 2.16. The molecule has 1 aromatic rings. The zero-order valence-corrected chi connectivity index (χ0v) is 10.8. The summed E-state index contributed by atoms with van der Waals surface area (Å²) in [5, 5.41) is 8.15. The van der Waals surface area contributed by atoms with Gasteiger partial charge in [-0.2, -0.15) is 0 Å². The maximum atomic E-state index is 5.80. The summed E-state index contributed by atoms with van der Waals surface area (Å²) in [5.41, 5.74) is 0.907. The lowest BCUT2D eigenvalue weighted by Gasteiger charge is -2.18. The van der Waals surface area contributed by atoms with Crippen LogP contribution in [0.5, 0.6) is 0 Å². The first-order chi connectivity index (χ1) is 7.66. The topological polar surface area (TPSA) is 27.3 Å². The van der Waals surface area contributed by atoms with Crippen molar-refractivity contribution in [1.29, 1.82) is 0 Å². The van der Waals surface area contributed by atoms with Gasteiger partial charge in [0.05, 0.1) is 0 Å². The maximum absolute atomic E-state index is 5.80. The van der Waals surface area contributed by atoms with E-state index in [2.05, 4.69) is 10.6 Å². The van der Waals surface area contributed by atoms with Crippen molar-refractivity contribution in [3.63, 3.8) is 0 Å². The molecule has 0 atom stereocenters. The van der Waals surface area contributed by atoms with Crippen molar-refractivity contribution in [1.82, 2.24) is 10.2 Å². The Bertz CT molecular complexity index is 419. The first kappa shape index (κ1) is 11.6. The Kier molecular flexibility index (Phi) is 3.58. The number of nitrogens with one attached hydrogen (secondary N) is 2. The Hall–Kier alpha value is -0.910. The van der Waals surface area contributed by atoms with Crippen LogP contribution in [0.2, 0.25) is 5.02 Å². The van der Waals surface area contributed by atoms with E-state index < -0.39 is 0 Å². The van der Waals surface area contributed by atoms with Gasteiger partial charge >= 0.3 is 0 Å². The molecule has 1 aliphatic heterocycles. The molecule has 0 amide bonds. The highest BCUT2D eigenvalue weighted by Crippen LogP contribution is 2.14. The van der Waals surface area contributed by atoms with E-state index in [1.807, 2.05) is 29.2 Å². The molecule has 16 heavy (non-hydrogen) atoms. The van der Waals surface area contributed by atoms with Crippen molar-refractivity contribution >= 4 is 51.9 Å². The molecule has 0 aromatic heterocycles. The molecule has 84 valence electrons. The van der Waals surface area contributed by atoms with Crippen molar-refractivity contribution < 1.29 is 0 Å². The quantitative estimate of drug-likeness (QED) is 0.764. The number of hydrogen-bond acceptors (Lipinski definition) is 2. The lowest BCUT2D eigenvalue weighted by Crippen LogP contribution is -2.37. The monoisotopic (exact) mass is 271 g/mol. The van der Waals surface area contributed by atoms with Gasteiger partial charge in [-0.25, -0.2) is 0 Å². The second-order valence-corrected chi connectivity index (χ2v) is 4.53. The molecule has 3 nitrogen and oxygen atoms in total. The molecule has 0 saturated carbocycles. The van der Waals surface area contributed by atoms with Crippen LogP contribution in [-0.4, -0.2) is 28.2 Å². The highest BCUT2D eigenvalue weighted by Gasteiger charge is 2.19. The molecular weight excluding hydrogens is 262 g/mol. The van der Waals surface area contributed by atoms with Crippen molar-refractivity contribution in [3.8, 4) is 0 Å². The Morgan fingerprint density at radius 1 is 1.38 bits per heavy atom. The summed E-state index contributed by atoms with van der Waals surface area (Å²) in [6.07, 6.45) is 0. The van der Waals surface area contributed by atoms with Gasteiger partial charge in [-0.3, -0.25) is 4.90 Å². The molecule has 6 heteroatoms. The summed E-state index contributed by atoms with van der Waals surface area (Å²) in [6, 6.07) is 7.38. The first-order valence-electron chi connectivity index (χ1n) is 4.79. The number of anilines is 1. The second kappa shape index (κ2) is 4.95. The molecule has 1 saturated heterocycles. The molecule has 0 bridgehead atoms. The number of nitrogens with zero attached hydrogens (tertiary/aromatic N) is 1. The summed E-state index contributed by atoms with van der Waals surface area (Å²) in [4.78, 5) is 1.86. The van der Waals surface area contributed by atoms with Crippen LogP contribution in [-0.2, 0) is 0 Å². The average molecular weight is 272 g/mol. The van der Waals surface area contributed by atoms with Crippen LogP contribution < -0.4 is 10.6 Å². The molecule has 0 spiro atoms. The van der Waals surface area contributed by atoms with Crippen molar-refractivity contribution in [3.05, 3.63) is 29.3 Å². The minimum Gasteiger partial charge on any atom is -0.360 e. The molecule has 0 radical (unpaired) electrons. The van der Waals surface area contributed by atoms with Crippen LogP contribution >= 0.6 is 36.0 Å². The molecule has 2 rings (SSSR count). The fourth-order valence-electron chi connectivity index (χ4n) is 1.39. The number of benzene rings is 1. The smallest absolute Gasteiger partial charge is 0.179 e. The predicted octanol–water partition coefficient (Wildman–Crippen LogP) is 2.23. The molecule has 0 aliphatic carbocycles. The first-order valence-corrected chi connectivity index (χ1v) is 5.98. The molecule has 2 N–H and O–H groups in total. The molecule has 0 unspecified atom stereocenters. The van der Waals surface area contributed by atoms with Gasteiger partial charge in [0, 0.05) is 23.8 Å². The Labute approximate surface area is 110 Å². The Balaban J connectivity index is 2.02. The second-order valence-electron chi connectivity index (χ2n) is 3.32. The van der Waals surface area contributed by atoms with Crippen LogP contribution in [0.15, 0.2) is 24.3 Å². The fraction of sp³-hybridized carbons (Fsp3) is 0.200. The van der Waals surface area contributed by atoms with E-state index in [-0.39, 0.29) is 0 Å². The minimum absolute atomic E-state index is 0.609. The SMILES string of the molecule is S=C1NCCN1C(=S)Nc1ccc(Cl)cc1. The summed E-state index contributed by atoms with van der Waals surface area (Å²) in [7, 11) is 0. The highest BCUT2D eigenvalue weighted by atomic mass is 35.5. The van der Waals surface area contributed by atoms with Gasteiger partial charge in [0.15, 0.2) is 10.2 Å². The summed E-state index contributed by atoms with van der Waals surface area (Å²) in [5.74, 6) is 0. The van der Waals surface area contributed by atoms with E-state index >= 15 is 0 Å². The van der Waals surface area contributed by atoms with E-state index in [1.165, 1.54) is 0 Å². The maximum Gasteiger partial charge on any atom is 0.179 e. The summed E-state index contributed by atoms with van der Waals surface area (Å²) >= 11 is 16.2. The van der Waals surface area contributed by atoms with Gasteiger partial charge in [0.2, 0.25) is 0 Å². The third-order valence-corrected chi connectivity index (χ3v) is 3.14. The number of halogens is 1. The van der Waals surface area contributed by atoms with Gasteiger partial charge in [0.1, 0.15) is 0 Å². The lowest BCUT2D eigenvalue weighted by atomic mass is 10.3. The van der Waals surface area contributed by atoms with Crippen LogP contribution in [0.4, 0.5) is 5.69 Å². The Morgan fingerprint density at radius 2 is 2.06 bits per heavy atom. The van der Waals surface area contributed by atoms with E-state index in [9.17, 15) is 0 Å². The molecular formula is C10H10ClN3S2. The summed E-state index contributed by atoms with van der Waals surface area (Å²) in [6.45, 7) is 1.64. The zero-order chi connectivity index (χ0) is 11.5.